The second-order valence-electron chi connectivity index (χ2n) is 6.39. The first-order chi connectivity index (χ1) is 9.97. The quantitative estimate of drug-likeness (QED) is 0.811. The zero-order chi connectivity index (χ0) is 15.1. The van der Waals surface area contributed by atoms with Crippen LogP contribution in [0, 0.1) is 5.92 Å². The third-order valence-corrected chi connectivity index (χ3v) is 4.87. The van der Waals surface area contributed by atoms with Crippen LogP contribution in [0.2, 0.25) is 0 Å². The number of hydrogen-bond donors (Lipinski definition) is 0. The molecule has 0 radical (unpaired) electrons. The molecule has 1 aromatic heterocycles. The lowest BCUT2D eigenvalue weighted by molar-refractivity contribution is -0.140. The number of anilines is 1. The van der Waals surface area contributed by atoms with Crippen molar-refractivity contribution in [2.45, 2.75) is 37.8 Å². The van der Waals surface area contributed by atoms with Gasteiger partial charge in [-0.2, -0.15) is 4.98 Å². The molecular formula is C15H22N4O2. The average molecular weight is 290 g/mol. The molecule has 2 bridgehead atoms. The lowest BCUT2D eigenvalue weighted by Gasteiger charge is -2.45. The van der Waals surface area contributed by atoms with Gasteiger partial charge in [-0.25, -0.2) is 4.79 Å². The van der Waals surface area contributed by atoms with Crippen LogP contribution >= 0.6 is 0 Å². The van der Waals surface area contributed by atoms with E-state index in [2.05, 4.69) is 4.98 Å². The van der Waals surface area contributed by atoms with Gasteiger partial charge in [0.05, 0.1) is 12.1 Å². The largest absolute Gasteiger partial charge is 0.363 e. The number of piperidine rings is 1. The van der Waals surface area contributed by atoms with Crippen molar-refractivity contribution in [1.82, 2.24) is 14.5 Å². The molecule has 1 amide bonds. The normalized spacial score (nSPS) is 28.6. The van der Waals surface area contributed by atoms with Crippen LogP contribution in [0.1, 0.15) is 31.7 Å². The van der Waals surface area contributed by atoms with E-state index in [1.54, 1.807) is 4.57 Å². The highest BCUT2D eigenvalue weighted by Gasteiger charge is 2.41. The summed E-state index contributed by atoms with van der Waals surface area (Å²) in [5.74, 6) is 1.35. The molecule has 1 aromatic rings. The van der Waals surface area contributed by atoms with Gasteiger partial charge in [0.1, 0.15) is 5.82 Å². The SMILES string of the molecule is CN(C)c1ccn([C@@H]2CC[C@H]3CC(=O)N(C)[C@H]2C3)c(=O)n1. The number of rotatable bonds is 2. The molecule has 1 saturated carbocycles. The zero-order valence-corrected chi connectivity index (χ0v) is 12.8. The van der Waals surface area contributed by atoms with Gasteiger partial charge in [0, 0.05) is 33.8 Å². The number of carbonyl (C=O) groups excluding carboxylic acids is 1. The number of likely N-dealkylation sites (N-methyl/N-ethyl adjacent to an activating group) is 1. The van der Waals surface area contributed by atoms with Crippen molar-refractivity contribution in [3.8, 4) is 0 Å². The Morgan fingerprint density at radius 1 is 1.24 bits per heavy atom. The van der Waals surface area contributed by atoms with E-state index in [1.807, 2.05) is 43.2 Å². The second kappa shape index (κ2) is 5.16. The lowest BCUT2D eigenvalue weighted by atomic mass is 9.76. The summed E-state index contributed by atoms with van der Waals surface area (Å²) in [6.07, 6.45) is 5.43. The summed E-state index contributed by atoms with van der Waals surface area (Å²) in [6, 6.07) is 2.03. The first-order valence-electron chi connectivity index (χ1n) is 7.49. The number of fused-ring (bicyclic) bond motifs is 2. The number of amides is 1. The van der Waals surface area contributed by atoms with Gasteiger partial charge in [-0.15, -0.1) is 0 Å². The molecule has 21 heavy (non-hydrogen) atoms. The fourth-order valence-electron chi connectivity index (χ4n) is 3.62. The summed E-state index contributed by atoms with van der Waals surface area (Å²) in [7, 11) is 5.59. The molecule has 1 aliphatic carbocycles. The highest BCUT2D eigenvalue weighted by Crippen LogP contribution is 2.39. The van der Waals surface area contributed by atoms with Gasteiger partial charge in [0.25, 0.3) is 0 Å². The van der Waals surface area contributed by atoms with Crippen LogP contribution in [0.4, 0.5) is 5.82 Å². The van der Waals surface area contributed by atoms with E-state index in [4.69, 9.17) is 0 Å². The van der Waals surface area contributed by atoms with Crippen LogP contribution in [0.3, 0.4) is 0 Å². The Morgan fingerprint density at radius 2 is 2.00 bits per heavy atom. The van der Waals surface area contributed by atoms with Gasteiger partial charge in [-0.1, -0.05) is 0 Å². The number of aromatic nitrogens is 2. The van der Waals surface area contributed by atoms with Crippen LogP contribution < -0.4 is 10.6 Å². The molecule has 6 nitrogen and oxygen atoms in total. The second-order valence-corrected chi connectivity index (χ2v) is 6.39. The predicted molar refractivity (Wildman–Crippen MR) is 80.4 cm³/mol. The summed E-state index contributed by atoms with van der Waals surface area (Å²) in [5, 5.41) is 0. The first kappa shape index (κ1) is 14.1. The first-order valence-corrected chi connectivity index (χ1v) is 7.49. The van der Waals surface area contributed by atoms with Crippen LogP contribution in [-0.4, -0.2) is 47.5 Å². The van der Waals surface area contributed by atoms with Crippen LogP contribution in [0.15, 0.2) is 17.1 Å². The minimum absolute atomic E-state index is 0.0479. The monoisotopic (exact) mass is 290 g/mol. The van der Waals surface area contributed by atoms with E-state index >= 15 is 0 Å². The Labute approximate surface area is 124 Å². The molecule has 3 atom stereocenters. The molecule has 2 aliphatic rings. The molecule has 6 heteroatoms. The smallest absolute Gasteiger partial charge is 0.349 e. The third-order valence-electron chi connectivity index (χ3n) is 4.87. The van der Waals surface area contributed by atoms with E-state index in [1.165, 1.54) is 0 Å². The maximum atomic E-state index is 12.3. The number of likely N-dealkylation sites (tertiary alicyclic amines) is 1. The molecular weight excluding hydrogens is 268 g/mol. The number of hydrogen-bond acceptors (Lipinski definition) is 4. The predicted octanol–water partition coefficient (Wildman–Crippen LogP) is 0.881. The summed E-state index contributed by atoms with van der Waals surface area (Å²) in [4.78, 5) is 32.1. The fraction of sp³-hybridized carbons (Fsp3) is 0.667. The molecule has 114 valence electrons. The molecule has 3 rings (SSSR count). The Bertz CT molecular complexity index is 610. The van der Waals surface area contributed by atoms with E-state index in [0.29, 0.717) is 18.2 Å². The molecule has 0 unspecified atom stereocenters. The zero-order valence-electron chi connectivity index (χ0n) is 12.8. The van der Waals surface area contributed by atoms with Crippen molar-refractivity contribution < 1.29 is 4.79 Å². The average Bonchev–Trinajstić information content (AvgIpc) is 2.45. The summed E-state index contributed by atoms with van der Waals surface area (Å²) in [5.41, 5.74) is -0.226. The Morgan fingerprint density at radius 3 is 2.67 bits per heavy atom. The maximum absolute atomic E-state index is 12.3. The summed E-state index contributed by atoms with van der Waals surface area (Å²) in [6.45, 7) is 0. The van der Waals surface area contributed by atoms with Crippen LogP contribution in [-0.2, 0) is 4.79 Å². The maximum Gasteiger partial charge on any atom is 0.349 e. The highest BCUT2D eigenvalue weighted by atomic mass is 16.2. The molecule has 2 fully saturated rings. The van der Waals surface area contributed by atoms with Crippen LogP contribution in [0.5, 0.6) is 0 Å². The van der Waals surface area contributed by atoms with Crippen molar-refractivity contribution in [3.05, 3.63) is 22.7 Å². The minimum Gasteiger partial charge on any atom is -0.363 e. The summed E-state index contributed by atoms with van der Waals surface area (Å²) >= 11 is 0. The summed E-state index contributed by atoms with van der Waals surface area (Å²) < 4.78 is 1.71. The van der Waals surface area contributed by atoms with Gasteiger partial charge >= 0.3 is 5.69 Å². The fourth-order valence-corrected chi connectivity index (χ4v) is 3.62. The Hall–Kier alpha value is -1.85. The van der Waals surface area contributed by atoms with E-state index in [-0.39, 0.29) is 23.7 Å². The van der Waals surface area contributed by atoms with Crippen molar-refractivity contribution in [2.24, 2.45) is 5.92 Å². The molecule has 0 spiro atoms. The van der Waals surface area contributed by atoms with E-state index in [9.17, 15) is 9.59 Å². The van der Waals surface area contributed by atoms with Gasteiger partial charge in [0.2, 0.25) is 5.91 Å². The Balaban J connectivity index is 1.93. The number of carbonyl (C=O) groups is 1. The van der Waals surface area contributed by atoms with Crippen molar-refractivity contribution in [2.75, 3.05) is 26.0 Å². The minimum atomic E-state index is -0.226. The van der Waals surface area contributed by atoms with Crippen molar-refractivity contribution >= 4 is 11.7 Å². The molecule has 1 aliphatic heterocycles. The lowest BCUT2D eigenvalue weighted by Crippen LogP contribution is -2.52. The molecule has 2 heterocycles. The molecule has 0 aromatic carbocycles. The topological polar surface area (TPSA) is 58.4 Å². The number of nitrogens with zero attached hydrogens (tertiary/aromatic N) is 4. The van der Waals surface area contributed by atoms with Gasteiger partial charge < -0.3 is 9.80 Å². The molecule has 0 N–H and O–H groups in total. The van der Waals surface area contributed by atoms with E-state index in [0.717, 1.165) is 19.3 Å². The van der Waals surface area contributed by atoms with Gasteiger partial charge in [-0.3, -0.25) is 9.36 Å². The van der Waals surface area contributed by atoms with Crippen molar-refractivity contribution in [1.29, 1.82) is 0 Å². The molecule has 1 saturated heterocycles. The standard InChI is InChI=1S/C15H22N4O2/c1-17(2)13-6-7-19(15(21)16-13)11-5-4-10-8-12(11)18(3)14(20)9-10/h6-7,10-12H,4-5,8-9H2,1-3H3/t10-,11-,12+/m1/s1. The van der Waals surface area contributed by atoms with Gasteiger partial charge in [-0.05, 0) is 31.2 Å². The van der Waals surface area contributed by atoms with E-state index < -0.39 is 0 Å². The van der Waals surface area contributed by atoms with Gasteiger partial charge in [0.15, 0.2) is 0 Å². The third kappa shape index (κ3) is 2.43. The van der Waals surface area contributed by atoms with Crippen LogP contribution in [0.25, 0.3) is 0 Å². The van der Waals surface area contributed by atoms with Crippen molar-refractivity contribution in [3.63, 3.8) is 0 Å². The highest BCUT2D eigenvalue weighted by molar-refractivity contribution is 5.77. The Kier molecular flexibility index (Phi) is 3.47.